The number of anilines is 1. The highest BCUT2D eigenvalue weighted by atomic mass is 16.6. The maximum Gasteiger partial charge on any atom is 0.269 e. The maximum atomic E-state index is 12.4. The Kier molecular flexibility index (Phi) is 6.94. The number of non-ortho nitro benzene ring substituents is 1. The lowest BCUT2D eigenvalue weighted by atomic mass is 9.89. The summed E-state index contributed by atoms with van der Waals surface area (Å²) in [5.41, 5.74) is 4.08. The molecule has 1 amide bonds. The zero-order valence-electron chi connectivity index (χ0n) is 16.3. The van der Waals surface area contributed by atoms with E-state index in [1.165, 1.54) is 36.1 Å². The van der Waals surface area contributed by atoms with Gasteiger partial charge in [-0.05, 0) is 55.0 Å². The van der Waals surface area contributed by atoms with E-state index in [4.69, 9.17) is 0 Å². The number of hydrogen-bond donors (Lipinski definition) is 2. The number of hydrogen-bond acceptors (Lipinski definition) is 5. The summed E-state index contributed by atoms with van der Waals surface area (Å²) in [4.78, 5) is 34.5. The van der Waals surface area contributed by atoms with Crippen LogP contribution in [0, 0.1) is 10.1 Å². The molecule has 29 heavy (non-hydrogen) atoms. The summed E-state index contributed by atoms with van der Waals surface area (Å²) in [6.07, 6.45) is 4.84. The Labute approximate surface area is 169 Å². The van der Waals surface area contributed by atoms with Crippen molar-refractivity contribution in [3.8, 4) is 0 Å². The van der Waals surface area contributed by atoms with Gasteiger partial charge in [-0.3, -0.25) is 19.7 Å². The number of nitro benzene ring substituents is 1. The highest BCUT2D eigenvalue weighted by Gasteiger charge is 2.14. The molecule has 0 radical (unpaired) electrons. The van der Waals surface area contributed by atoms with Crippen molar-refractivity contribution in [2.24, 2.45) is 0 Å². The van der Waals surface area contributed by atoms with E-state index < -0.39 is 4.92 Å². The normalized spacial score (nSPS) is 12.7. The van der Waals surface area contributed by atoms with Crippen LogP contribution in [0.5, 0.6) is 0 Å². The van der Waals surface area contributed by atoms with Crippen LogP contribution in [0.2, 0.25) is 0 Å². The largest absolute Gasteiger partial charge is 0.383 e. The van der Waals surface area contributed by atoms with Crippen molar-refractivity contribution in [3.63, 3.8) is 0 Å². The average molecular weight is 395 g/mol. The predicted molar refractivity (Wildman–Crippen MR) is 111 cm³/mol. The Morgan fingerprint density at radius 3 is 2.38 bits per heavy atom. The van der Waals surface area contributed by atoms with Gasteiger partial charge in [0.2, 0.25) is 5.91 Å². The van der Waals surface area contributed by atoms with Gasteiger partial charge < -0.3 is 10.6 Å². The van der Waals surface area contributed by atoms with Crippen LogP contribution >= 0.6 is 0 Å². The van der Waals surface area contributed by atoms with Gasteiger partial charge in [0.15, 0.2) is 5.78 Å². The molecule has 0 fully saturated rings. The van der Waals surface area contributed by atoms with E-state index in [0.29, 0.717) is 18.7 Å². The van der Waals surface area contributed by atoms with Crippen LogP contribution in [-0.2, 0) is 17.6 Å². The number of fused-ring (bicyclic) bond motifs is 1. The molecule has 0 unspecified atom stereocenters. The summed E-state index contributed by atoms with van der Waals surface area (Å²) in [7, 11) is 0. The first-order valence-corrected chi connectivity index (χ1v) is 9.93. The fraction of sp³-hybridized carbons (Fsp3) is 0.364. The molecule has 0 heterocycles. The lowest BCUT2D eigenvalue weighted by Crippen LogP contribution is -2.29. The summed E-state index contributed by atoms with van der Waals surface area (Å²) in [5.74, 6) is -0.167. The van der Waals surface area contributed by atoms with Gasteiger partial charge in [0.25, 0.3) is 5.69 Å². The standard InChI is InChI=1S/C22H25N3O4/c26-21(18-6-5-16-3-1-2-4-17(16)15-18)11-12-22(27)24-14-13-23-19-7-9-20(10-8-19)25(28)29/h5-10,15,23H,1-4,11-14H2,(H,24,27). The van der Waals surface area contributed by atoms with E-state index in [1.807, 2.05) is 18.2 Å². The van der Waals surface area contributed by atoms with E-state index in [9.17, 15) is 19.7 Å². The molecular weight excluding hydrogens is 370 g/mol. The highest BCUT2D eigenvalue weighted by molar-refractivity contribution is 5.98. The lowest BCUT2D eigenvalue weighted by Gasteiger charge is -2.16. The summed E-state index contributed by atoms with van der Waals surface area (Å²) in [5, 5.41) is 16.5. The van der Waals surface area contributed by atoms with Crippen molar-refractivity contribution < 1.29 is 14.5 Å². The smallest absolute Gasteiger partial charge is 0.269 e. The van der Waals surface area contributed by atoms with Crippen LogP contribution in [0.3, 0.4) is 0 Å². The van der Waals surface area contributed by atoms with Crippen LogP contribution in [0.15, 0.2) is 42.5 Å². The first-order valence-electron chi connectivity index (χ1n) is 9.93. The highest BCUT2D eigenvalue weighted by Crippen LogP contribution is 2.23. The minimum absolute atomic E-state index is 0.00229. The van der Waals surface area contributed by atoms with E-state index >= 15 is 0 Å². The summed E-state index contributed by atoms with van der Waals surface area (Å²) >= 11 is 0. The molecule has 0 spiro atoms. The van der Waals surface area contributed by atoms with Gasteiger partial charge in [0, 0.05) is 49.3 Å². The Balaban J connectivity index is 1.36. The SMILES string of the molecule is O=C(CCC(=O)c1ccc2c(c1)CCCC2)NCCNc1ccc([N+](=O)[O-])cc1. The van der Waals surface area contributed by atoms with Gasteiger partial charge in [0.05, 0.1) is 4.92 Å². The van der Waals surface area contributed by atoms with Crippen molar-refractivity contribution in [3.05, 3.63) is 69.3 Å². The Morgan fingerprint density at radius 1 is 0.931 bits per heavy atom. The van der Waals surface area contributed by atoms with Crippen molar-refractivity contribution in [2.75, 3.05) is 18.4 Å². The second-order valence-corrected chi connectivity index (χ2v) is 7.19. The van der Waals surface area contributed by atoms with E-state index in [1.54, 1.807) is 12.1 Å². The number of benzene rings is 2. The molecule has 0 saturated heterocycles. The molecule has 0 aliphatic heterocycles. The summed E-state index contributed by atoms with van der Waals surface area (Å²) in [6.45, 7) is 0.894. The molecule has 7 nitrogen and oxygen atoms in total. The number of nitrogens with one attached hydrogen (secondary N) is 2. The van der Waals surface area contributed by atoms with Crippen LogP contribution in [0.4, 0.5) is 11.4 Å². The quantitative estimate of drug-likeness (QED) is 0.292. The number of nitro groups is 1. The van der Waals surface area contributed by atoms with Crippen molar-refractivity contribution in [2.45, 2.75) is 38.5 Å². The molecule has 2 aromatic rings. The van der Waals surface area contributed by atoms with Crippen molar-refractivity contribution in [1.82, 2.24) is 5.32 Å². The predicted octanol–water partition coefficient (Wildman–Crippen LogP) is 3.66. The monoisotopic (exact) mass is 395 g/mol. The van der Waals surface area contributed by atoms with E-state index in [0.717, 1.165) is 18.5 Å². The van der Waals surface area contributed by atoms with Crippen LogP contribution < -0.4 is 10.6 Å². The fourth-order valence-corrected chi connectivity index (χ4v) is 3.48. The summed E-state index contributed by atoms with van der Waals surface area (Å²) in [6, 6.07) is 12.0. The van der Waals surface area contributed by atoms with Crippen molar-refractivity contribution in [1.29, 1.82) is 0 Å². The molecule has 0 saturated carbocycles. The first kappa shape index (κ1) is 20.5. The second-order valence-electron chi connectivity index (χ2n) is 7.19. The number of Topliss-reactive ketones (excluding diaryl/α,β-unsaturated/α-hetero) is 1. The van der Waals surface area contributed by atoms with Crippen molar-refractivity contribution >= 4 is 23.1 Å². The molecular formula is C22H25N3O4. The minimum atomic E-state index is -0.449. The zero-order valence-corrected chi connectivity index (χ0v) is 16.3. The maximum absolute atomic E-state index is 12.4. The van der Waals surface area contributed by atoms with Crippen LogP contribution in [-0.4, -0.2) is 29.7 Å². The molecule has 7 heteroatoms. The second kappa shape index (κ2) is 9.82. The number of nitrogens with zero attached hydrogens (tertiary/aromatic N) is 1. The van der Waals surface area contributed by atoms with Gasteiger partial charge in [-0.1, -0.05) is 12.1 Å². The number of rotatable bonds is 9. The van der Waals surface area contributed by atoms with Crippen LogP contribution in [0.25, 0.3) is 0 Å². The first-order chi connectivity index (χ1) is 14.0. The van der Waals surface area contributed by atoms with Gasteiger partial charge in [-0.2, -0.15) is 0 Å². The van der Waals surface area contributed by atoms with Gasteiger partial charge >= 0.3 is 0 Å². The number of amides is 1. The Bertz CT molecular complexity index is 893. The van der Waals surface area contributed by atoms with Gasteiger partial charge in [-0.25, -0.2) is 0 Å². The third kappa shape index (κ3) is 5.88. The average Bonchev–Trinajstić information content (AvgIpc) is 2.75. The number of carbonyl (C=O) groups is 2. The molecule has 0 bridgehead atoms. The molecule has 2 N–H and O–H groups in total. The van der Waals surface area contributed by atoms with Crippen LogP contribution in [0.1, 0.15) is 47.2 Å². The topological polar surface area (TPSA) is 101 Å². The summed E-state index contributed by atoms with van der Waals surface area (Å²) < 4.78 is 0. The van der Waals surface area contributed by atoms with Gasteiger partial charge in [0.1, 0.15) is 0 Å². The molecule has 1 aliphatic carbocycles. The Morgan fingerprint density at radius 2 is 1.66 bits per heavy atom. The third-order valence-electron chi connectivity index (χ3n) is 5.10. The fourth-order valence-electron chi connectivity index (χ4n) is 3.48. The molecule has 152 valence electrons. The van der Waals surface area contributed by atoms with E-state index in [2.05, 4.69) is 10.6 Å². The Hall–Kier alpha value is -3.22. The molecule has 2 aromatic carbocycles. The number of aryl methyl sites for hydroxylation is 2. The molecule has 0 atom stereocenters. The molecule has 0 aromatic heterocycles. The number of ketones is 1. The molecule has 3 rings (SSSR count). The van der Waals surface area contributed by atoms with Gasteiger partial charge in [-0.15, -0.1) is 0 Å². The minimum Gasteiger partial charge on any atom is -0.383 e. The molecule has 1 aliphatic rings. The van der Waals surface area contributed by atoms with E-state index in [-0.39, 0.29) is 30.2 Å². The zero-order chi connectivity index (χ0) is 20.6. The lowest BCUT2D eigenvalue weighted by molar-refractivity contribution is -0.384. The number of carbonyl (C=O) groups excluding carboxylic acids is 2. The third-order valence-corrected chi connectivity index (χ3v) is 5.10.